The zero-order valence-corrected chi connectivity index (χ0v) is 7.78. The number of rotatable bonds is 5. The molecule has 0 aromatic carbocycles. The zero-order valence-electron chi connectivity index (χ0n) is 7.78. The maximum Gasteiger partial charge on any atom is 0.00870 e. The van der Waals surface area contributed by atoms with Gasteiger partial charge in [-0.3, -0.25) is 0 Å². The fourth-order valence-corrected chi connectivity index (χ4v) is 1.55. The predicted octanol–water partition coefficient (Wildman–Crippen LogP) is 2.42. The van der Waals surface area contributed by atoms with Crippen LogP contribution in [0.15, 0.2) is 0 Å². The van der Waals surface area contributed by atoms with Gasteiger partial charge in [-0.15, -0.1) is 0 Å². The molecule has 0 spiro atoms. The quantitative estimate of drug-likeness (QED) is 0.623. The van der Waals surface area contributed by atoms with E-state index >= 15 is 0 Å². The van der Waals surface area contributed by atoms with Crippen LogP contribution in [0.1, 0.15) is 40.0 Å². The largest absolute Gasteiger partial charge is 0.317 e. The Balaban J connectivity index is 3.53. The van der Waals surface area contributed by atoms with Crippen LogP contribution in [0.25, 0.3) is 0 Å². The smallest absolute Gasteiger partial charge is 0.00870 e. The summed E-state index contributed by atoms with van der Waals surface area (Å²) in [6.07, 6.45) is 3.90. The Hall–Kier alpha value is -0.0400. The van der Waals surface area contributed by atoms with Crippen molar-refractivity contribution in [1.29, 1.82) is 0 Å². The topological polar surface area (TPSA) is 12.0 Å². The van der Waals surface area contributed by atoms with E-state index in [4.69, 9.17) is 0 Å². The number of hydrogen-bond donors (Lipinski definition) is 1. The van der Waals surface area contributed by atoms with Gasteiger partial charge in [0.25, 0.3) is 0 Å². The van der Waals surface area contributed by atoms with E-state index in [1.807, 2.05) is 0 Å². The van der Waals surface area contributed by atoms with Gasteiger partial charge >= 0.3 is 0 Å². The molecule has 1 heteroatoms. The van der Waals surface area contributed by atoms with E-state index in [2.05, 4.69) is 33.1 Å². The van der Waals surface area contributed by atoms with Gasteiger partial charge in [0.15, 0.2) is 0 Å². The van der Waals surface area contributed by atoms with E-state index in [0.717, 1.165) is 12.0 Å². The summed E-state index contributed by atoms with van der Waals surface area (Å²) in [5.41, 5.74) is 0. The maximum atomic E-state index is 3.34. The first-order valence-corrected chi connectivity index (χ1v) is 4.43. The molecule has 0 saturated carbocycles. The van der Waals surface area contributed by atoms with Gasteiger partial charge in [0, 0.05) is 6.04 Å². The Kier molecular flexibility index (Phi) is 5.70. The van der Waals surface area contributed by atoms with E-state index in [9.17, 15) is 0 Å². The third kappa shape index (κ3) is 3.21. The standard InChI is InChI=1S/C9H21N/c1-5-7-8(3)9(6-2)10-4/h8-10H,5-7H2,1-4H3/t8?,9-/m0/s1. The lowest BCUT2D eigenvalue weighted by Gasteiger charge is -2.21. The van der Waals surface area contributed by atoms with Gasteiger partial charge < -0.3 is 5.32 Å². The molecular formula is C9H21N. The van der Waals surface area contributed by atoms with Crippen LogP contribution in [-0.4, -0.2) is 13.1 Å². The molecule has 0 saturated heterocycles. The molecule has 62 valence electrons. The van der Waals surface area contributed by atoms with Crippen LogP contribution >= 0.6 is 0 Å². The second-order valence-electron chi connectivity index (χ2n) is 3.07. The van der Waals surface area contributed by atoms with Gasteiger partial charge in [0.05, 0.1) is 0 Å². The van der Waals surface area contributed by atoms with Crippen LogP contribution in [0.2, 0.25) is 0 Å². The maximum absolute atomic E-state index is 3.34. The predicted molar refractivity (Wildman–Crippen MR) is 47.2 cm³/mol. The van der Waals surface area contributed by atoms with Crippen molar-refractivity contribution in [2.45, 2.75) is 46.1 Å². The minimum atomic E-state index is 0.722. The van der Waals surface area contributed by atoms with Crippen molar-refractivity contribution in [3.63, 3.8) is 0 Å². The summed E-state index contributed by atoms with van der Waals surface area (Å²) in [6, 6.07) is 0.722. The third-order valence-corrected chi connectivity index (χ3v) is 2.24. The molecule has 1 nitrogen and oxygen atoms in total. The molecule has 0 bridgehead atoms. The highest BCUT2D eigenvalue weighted by atomic mass is 14.9. The van der Waals surface area contributed by atoms with Crippen molar-refractivity contribution in [1.82, 2.24) is 5.32 Å². The van der Waals surface area contributed by atoms with Gasteiger partial charge in [-0.2, -0.15) is 0 Å². The third-order valence-electron chi connectivity index (χ3n) is 2.24. The summed E-state index contributed by atoms with van der Waals surface area (Å²) in [6.45, 7) is 6.82. The fourth-order valence-electron chi connectivity index (χ4n) is 1.55. The lowest BCUT2D eigenvalue weighted by Crippen LogP contribution is -2.31. The number of hydrogen-bond acceptors (Lipinski definition) is 1. The molecule has 0 fully saturated rings. The first kappa shape index (κ1) is 9.96. The summed E-state index contributed by atoms with van der Waals surface area (Å²) in [5.74, 6) is 0.833. The minimum absolute atomic E-state index is 0.722. The van der Waals surface area contributed by atoms with Gasteiger partial charge in [-0.25, -0.2) is 0 Å². The normalized spacial score (nSPS) is 16.8. The average Bonchev–Trinajstić information content (AvgIpc) is 1.91. The van der Waals surface area contributed by atoms with Gasteiger partial charge in [0.2, 0.25) is 0 Å². The summed E-state index contributed by atoms with van der Waals surface area (Å²) in [4.78, 5) is 0. The lowest BCUT2D eigenvalue weighted by molar-refractivity contribution is 0.365. The van der Waals surface area contributed by atoms with Crippen molar-refractivity contribution in [3.05, 3.63) is 0 Å². The van der Waals surface area contributed by atoms with Crippen LogP contribution < -0.4 is 5.32 Å². The van der Waals surface area contributed by atoms with E-state index in [0.29, 0.717) is 0 Å². The first-order chi connectivity index (χ1) is 4.76. The van der Waals surface area contributed by atoms with Crippen molar-refractivity contribution in [2.24, 2.45) is 5.92 Å². The second-order valence-corrected chi connectivity index (χ2v) is 3.07. The van der Waals surface area contributed by atoms with Crippen molar-refractivity contribution >= 4 is 0 Å². The Morgan fingerprint density at radius 1 is 1.30 bits per heavy atom. The second kappa shape index (κ2) is 5.72. The molecule has 10 heavy (non-hydrogen) atoms. The molecule has 0 aliphatic carbocycles. The fraction of sp³-hybridized carbons (Fsp3) is 1.00. The van der Waals surface area contributed by atoms with Crippen molar-refractivity contribution in [2.75, 3.05) is 7.05 Å². The minimum Gasteiger partial charge on any atom is -0.317 e. The lowest BCUT2D eigenvalue weighted by atomic mass is 9.95. The molecule has 1 N–H and O–H groups in total. The van der Waals surface area contributed by atoms with Crippen molar-refractivity contribution in [3.8, 4) is 0 Å². The molecule has 0 aromatic rings. The SMILES string of the molecule is CCCC(C)[C@H](CC)NC. The van der Waals surface area contributed by atoms with Crippen LogP contribution in [0.3, 0.4) is 0 Å². The highest BCUT2D eigenvalue weighted by molar-refractivity contribution is 4.68. The summed E-state index contributed by atoms with van der Waals surface area (Å²) >= 11 is 0. The van der Waals surface area contributed by atoms with E-state index in [-0.39, 0.29) is 0 Å². The average molecular weight is 143 g/mol. The van der Waals surface area contributed by atoms with Gasteiger partial charge in [-0.05, 0) is 25.8 Å². The van der Waals surface area contributed by atoms with E-state index in [1.165, 1.54) is 19.3 Å². The first-order valence-electron chi connectivity index (χ1n) is 4.43. The summed E-state index contributed by atoms with van der Waals surface area (Å²) < 4.78 is 0. The molecule has 0 amide bonds. The van der Waals surface area contributed by atoms with Crippen molar-refractivity contribution < 1.29 is 0 Å². The zero-order chi connectivity index (χ0) is 7.98. The summed E-state index contributed by atoms with van der Waals surface area (Å²) in [5, 5.41) is 3.34. The molecule has 1 unspecified atom stereocenters. The molecule has 0 radical (unpaired) electrons. The Morgan fingerprint density at radius 3 is 2.20 bits per heavy atom. The number of nitrogens with one attached hydrogen (secondary N) is 1. The summed E-state index contributed by atoms with van der Waals surface area (Å²) in [7, 11) is 2.06. The van der Waals surface area contributed by atoms with Gasteiger partial charge in [-0.1, -0.05) is 27.2 Å². The molecular weight excluding hydrogens is 122 g/mol. The van der Waals surface area contributed by atoms with Crippen LogP contribution in [0, 0.1) is 5.92 Å². The molecule has 0 heterocycles. The molecule has 2 atom stereocenters. The molecule has 0 aliphatic heterocycles. The van der Waals surface area contributed by atoms with Gasteiger partial charge in [0.1, 0.15) is 0 Å². The molecule has 0 aliphatic rings. The Labute approximate surface area is 65.2 Å². The Morgan fingerprint density at radius 2 is 1.90 bits per heavy atom. The molecule has 0 rings (SSSR count). The van der Waals surface area contributed by atoms with Crippen LogP contribution in [0.4, 0.5) is 0 Å². The monoisotopic (exact) mass is 143 g/mol. The highest BCUT2D eigenvalue weighted by Gasteiger charge is 2.10. The highest BCUT2D eigenvalue weighted by Crippen LogP contribution is 2.12. The van der Waals surface area contributed by atoms with E-state index < -0.39 is 0 Å². The van der Waals surface area contributed by atoms with Crippen LogP contribution in [-0.2, 0) is 0 Å². The Bertz CT molecular complexity index is 67.1. The molecule has 0 aromatic heterocycles. The van der Waals surface area contributed by atoms with Crippen LogP contribution in [0.5, 0.6) is 0 Å². The van der Waals surface area contributed by atoms with E-state index in [1.54, 1.807) is 0 Å².